The fraction of sp³-hybridized carbons (Fsp3) is 0.933. The van der Waals surface area contributed by atoms with Crippen molar-refractivity contribution in [2.75, 3.05) is 5.75 Å². The van der Waals surface area contributed by atoms with Gasteiger partial charge in [0.2, 0.25) is 5.91 Å². The summed E-state index contributed by atoms with van der Waals surface area (Å²) in [6.45, 7) is 2.21. The van der Waals surface area contributed by atoms with Crippen molar-refractivity contribution < 1.29 is 4.79 Å². The Labute approximate surface area is 120 Å². The molecule has 0 heterocycles. The molecule has 0 saturated heterocycles. The first-order chi connectivity index (χ1) is 9.19. The molecule has 4 heteroatoms. The normalized spacial score (nSPS) is 44.7. The monoisotopic (exact) mass is 282 g/mol. The van der Waals surface area contributed by atoms with Crippen LogP contribution in [0, 0.1) is 17.8 Å². The summed E-state index contributed by atoms with van der Waals surface area (Å²) in [7, 11) is 0. The summed E-state index contributed by atoms with van der Waals surface area (Å²) in [5, 5.41) is 4.05. The second-order valence-electron chi connectivity index (χ2n) is 6.53. The summed E-state index contributed by atoms with van der Waals surface area (Å²) in [5.41, 5.74) is 6.25. The standard InChI is InChI=1S/C15H26N2OS/c1-2-19-12-6-5-11(8-12)17-15(18)13-9-3-4-10(7-9)14(13)16/h9-14H,2-8,16H2,1H3,(H,17,18). The molecule has 3 N–H and O–H groups in total. The zero-order chi connectivity index (χ0) is 13.4. The molecule has 2 bridgehead atoms. The summed E-state index contributed by atoms with van der Waals surface area (Å²) in [4.78, 5) is 12.5. The van der Waals surface area contributed by atoms with E-state index >= 15 is 0 Å². The highest BCUT2D eigenvalue weighted by Crippen LogP contribution is 2.47. The van der Waals surface area contributed by atoms with E-state index in [4.69, 9.17) is 5.73 Å². The molecule has 3 nitrogen and oxygen atoms in total. The van der Waals surface area contributed by atoms with Gasteiger partial charge in [-0.15, -0.1) is 0 Å². The molecular formula is C15H26N2OS. The van der Waals surface area contributed by atoms with Gasteiger partial charge in [0.15, 0.2) is 0 Å². The largest absolute Gasteiger partial charge is 0.353 e. The Morgan fingerprint density at radius 3 is 2.68 bits per heavy atom. The van der Waals surface area contributed by atoms with Crippen LogP contribution in [0.2, 0.25) is 0 Å². The highest BCUT2D eigenvalue weighted by molar-refractivity contribution is 7.99. The third kappa shape index (κ3) is 2.66. The van der Waals surface area contributed by atoms with Gasteiger partial charge in [-0.25, -0.2) is 0 Å². The van der Waals surface area contributed by atoms with Gasteiger partial charge in [0, 0.05) is 17.3 Å². The Hall–Kier alpha value is -0.220. The predicted octanol–water partition coefficient (Wildman–Crippen LogP) is 2.15. The van der Waals surface area contributed by atoms with Gasteiger partial charge in [0.25, 0.3) is 0 Å². The molecule has 6 atom stereocenters. The van der Waals surface area contributed by atoms with Gasteiger partial charge in [0.1, 0.15) is 0 Å². The molecule has 3 aliphatic carbocycles. The summed E-state index contributed by atoms with van der Waals surface area (Å²) in [6.07, 6.45) is 7.22. The first kappa shape index (κ1) is 13.7. The smallest absolute Gasteiger partial charge is 0.225 e. The highest BCUT2D eigenvalue weighted by Gasteiger charge is 2.49. The summed E-state index contributed by atoms with van der Waals surface area (Å²) in [6, 6.07) is 0.531. The van der Waals surface area contributed by atoms with E-state index in [0.717, 1.165) is 18.1 Å². The average Bonchev–Trinajstić information content (AvgIpc) is 3.05. The third-order valence-electron chi connectivity index (χ3n) is 5.42. The van der Waals surface area contributed by atoms with Crippen LogP contribution in [-0.4, -0.2) is 29.0 Å². The van der Waals surface area contributed by atoms with Crippen LogP contribution in [0.15, 0.2) is 0 Å². The molecule has 19 heavy (non-hydrogen) atoms. The first-order valence-electron chi connectivity index (χ1n) is 7.86. The number of carbonyl (C=O) groups excluding carboxylic acids is 1. The molecule has 0 aromatic carbocycles. The highest BCUT2D eigenvalue weighted by atomic mass is 32.2. The van der Waals surface area contributed by atoms with E-state index in [1.807, 2.05) is 11.8 Å². The zero-order valence-electron chi connectivity index (χ0n) is 11.8. The minimum atomic E-state index is 0.108. The van der Waals surface area contributed by atoms with Gasteiger partial charge in [-0.05, 0) is 56.1 Å². The van der Waals surface area contributed by atoms with E-state index in [1.165, 1.54) is 31.4 Å². The van der Waals surface area contributed by atoms with Crippen LogP contribution in [-0.2, 0) is 4.79 Å². The van der Waals surface area contributed by atoms with E-state index < -0.39 is 0 Å². The van der Waals surface area contributed by atoms with Crippen molar-refractivity contribution in [3.05, 3.63) is 0 Å². The maximum atomic E-state index is 12.5. The summed E-state index contributed by atoms with van der Waals surface area (Å²) >= 11 is 2.04. The van der Waals surface area contributed by atoms with Crippen molar-refractivity contribution in [2.24, 2.45) is 23.5 Å². The molecule has 3 rings (SSSR count). The lowest BCUT2D eigenvalue weighted by Crippen LogP contribution is -2.47. The van der Waals surface area contributed by atoms with E-state index in [-0.39, 0.29) is 17.9 Å². The minimum absolute atomic E-state index is 0.108. The number of hydrogen-bond donors (Lipinski definition) is 2. The Bertz CT molecular complexity index is 347. The fourth-order valence-corrected chi connectivity index (χ4v) is 5.62. The number of amides is 1. The Balaban J connectivity index is 1.52. The number of thioether (sulfide) groups is 1. The number of carbonyl (C=O) groups is 1. The Kier molecular flexibility index (Phi) is 4.08. The van der Waals surface area contributed by atoms with Gasteiger partial charge in [-0.3, -0.25) is 4.79 Å². The van der Waals surface area contributed by atoms with Crippen molar-refractivity contribution in [3.8, 4) is 0 Å². The van der Waals surface area contributed by atoms with Crippen LogP contribution in [0.25, 0.3) is 0 Å². The summed E-state index contributed by atoms with van der Waals surface area (Å²) in [5.74, 6) is 2.74. The van der Waals surface area contributed by atoms with Crippen LogP contribution in [0.5, 0.6) is 0 Å². The van der Waals surface area contributed by atoms with E-state index in [9.17, 15) is 4.79 Å². The van der Waals surface area contributed by atoms with Gasteiger partial charge in [-0.1, -0.05) is 6.92 Å². The molecule has 1 amide bonds. The lowest BCUT2D eigenvalue weighted by atomic mass is 9.84. The molecule has 0 aromatic heterocycles. The fourth-order valence-electron chi connectivity index (χ4n) is 4.48. The van der Waals surface area contributed by atoms with Crippen LogP contribution >= 0.6 is 11.8 Å². The maximum absolute atomic E-state index is 12.5. The molecule has 0 radical (unpaired) electrons. The lowest BCUT2D eigenvalue weighted by molar-refractivity contribution is -0.127. The van der Waals surface area contributed by atoms with Gasteiger partial charge < -0.3 is 11.1 Å². The molecule has 0 spiro atoms. The molecule has 3 fully saturated rings. The number of nitrogens with one attached hydrogen (secondary N) is 1. The number of hydrogen-bond acceptors (Lipinski definition) is 3. The van der Waals surface area contributed by atoms with Gasteiger partial charge >= 0.3 is 0 Å². The molecule has 3 aliphatic rings. The average molecular weight is 282 g/mol. The number of rotatable bonds is 4. The minimum Gasteiger partial charge on any atom is -0.353 e. The molecule has 3 saturated carbocycles. The quantitative estimate of drug-likeness (QED) is 0.831. The van der Waals surface area contributed by atoms with E-state index in [1.54, 1.807) is 0 Å². The molecule has 0 aromatic rings. The van der Waals surface area contributed by atoms with Crippen LogP contribution in [0.3, 0.4) is 0 Å². The Morgan fingerprint density at radius 1 is 1.21 bits per heavy atom. The van der Waals surface area contributed by atoms with Crippen molar-refractivity contribution in [2.45, 2.75) is 62.8 Å². The molecular weight excluding hydrogens is 256 g/mol. The zero-order valence-corrected chi connectivity index (χ0v) is 12.6. The van der Waals surface area contributed by atoms with Gasteiger partial charge in [-0.2, -0.15) is 11.8 Å². The van der Waals surface area contributed by atoms with E-state index in [2.05, 4.69) is 12.2 Å². The van der Waals surface area contributed by atoms with Crippen molar-refractivity contribution >= 4 is 17.7 Å². The van der Waals surface area contributed by atoms with Crippen molar-refractivity contribution in [1.82, 2.24) is 5.32 Å². The van der Waals surface area contributed by atoms with Crippen molar-refractivity contribution in [1.29, 1.82) is 0 Å². The molecule has 6 unspecified atom stereocenters. The second-order valence-corrected chi connectivity index (χ2v) is 8.11. The van der Waals surface area contributed by atoms with Crippen LogP contribution < -0.4 is 11.1 Å². The third-order valence-corrected chi connectivity index (χ3v) is 6.65. The topological polar surface area (TPSA) is 55.1 Å². The van der Waals surface area contributed by atoms with E-state index in [0.29, 0.717) is 17.9 Å². The summed E-state index contributed by atoms with van der Waals surface area (Å²) < 4.78 is 0. The van der Waals surface area contributed by atoms with Crippen LogP contribution in [0.4, 0.5) is 0 Å². The van der Waals surface area contributed by atoms with Gasteiger partial charge in [0.05, 0.1) is 5.92 Å². The molecule has 0 aliphatic heterocycles. The maximum Gasteiger partial charge on any atom is 0.225 e. The lowest BCUT2D eigenvalue weighted by Gasteiger charge is -2.28. The predicted molar refractivity (Wildman–Crippen MR) is 80.0 cm³/mol. The van der Waals surface area contributed by atoms with Crippen molar-refractivity contribution in [3.63, 3.8) is 0 Å². The first-order valence-corrected chi connectivity index (χ1v) is 8.91. The number of fused-ring (bicyclic) bond motifs is 2. The Morgan fingerprint density at radius 2 is 2.00 bits per heavy atom. The molecule has 108 valence electrons. The second kappa shape index (κ2) is 5.65. The van der Waals surface area contributed by atoms with Crippen LogP contribution in [0.1, 0.15) is 45.4 Å². The number of nitrogens with two attached hydrogens (primary N) is 1. The SMILES string of the molecule is CCSC1CCC(NC(=O)C2C3CCC(C3)C2N)C1.